The number of aliphatic hydroxyl groups excluding tert-OH is 2. The van der Waals surface area contributed by atoms with Gasteiger partial charge in [0.25, 0.3) is 0 Å². The van der Waals surface area contributed by atoms with Crippen molar-refractivity contribution in [2.24, 2.45) is 0 Å². The fraction of sp³-hybridized carbons (Fsp3) is 0.600. The lowest BCUT2D eigenvalue weighted by Gasteiger charge is -2.35. The molecule has 1 saturated heterocycles. The molecule has 0 bridgehead atoms. The van der Waals surface area contributed by atoms with Crippen LogP contribution in [0.2, 0.25) is 0 Å². The van der Waals surface area contributed by atoms with Crippen LogP contribution < -0.4 is 0 Å². The molecule has 0 spiro atoms. The summed E-state index contributed by atoms with van der Waals surface area (Å²) in [7, 11) is 0. The third kappa shape index (κ3) is 4.67. The van der Waals surface area contributed by atoms with Gasteiger partial charge in [0.05, 0.1) is 18.3 Å². The molecule has 0 aromatic heterocycles. The summed E-state index contributed by atoms with van der Waals surface area (Å²) in [5.74, 6) is 0. The maximum atomic E-state index is 12.7. The van der Waals surface area contributed by atoms with E-state index in [9.17, 15) is 18.3 Å². The number of nitrogens with zero attached hydrogens (tertiary/aromatic N) is 2. The minimum absolute atomic E-state index is 0.118. The number of rotatable bonds is 5. The number of β-amino-alcohol motifs (C(OH)–C–C–N with tert-alkyl or cyclic N) is 2. The predicted molar refractivity (Wildman–Crippen MR) is 76.4 cm³/mol. The monoisotopic (exact) mass is 318 g/mol. The highest BCUT2D eigenvalue weighted by molar-refractivity contribution is 5.27. The molecule has 1 fully saturated rings. The maximum Gasteiger partial charge on any atom is 0.416 e. The standard InChI is InChI=1S/C15H21F3N2O2/c16-15(17,18)13-3-1-2-12(10-13)14(22)11-20-6-4-19(5-7-20)8-9-21/h1-3,10,14,21-22H,4-9,11H2. The van der Waals surface area contributed by atoms with Crippen LogP contribution in [-0.2, 0) is 6.18 Å². The van der Waals surface area contributed by atoms with Gasteiger partial charge < -0.3 is 10.2 Å². The van der Waals surface area contributed by atoms with Gasteiger partial charge in [-0.15, -0.1) is 0 Å². The second-order valence-electron chi connectivity index (χ2n) is 5.50. The van der Waals surface area contributed by atoms with Crippen molar-refractivity contribution in [1.29, 1.82) is 0 Å². The van der Waals surface area contributed by atoms with Gasteiger partial charge in [0.2, 0.25) is 0 Å². The minimum Gasteiger partial charge on any atom is -0.395 e. The fourth-order valence-electron chi connectivity index (χ4n) is 2.61. The van der Waals surface area contributed by atoms with Crippen LogP contribution in [-0.4, -0.2) is 65.9 Å². The molecule has 0 radical (unpaired) electrons. The molecule has 4 nitrogen and oxygen atoms in total. The van der Waals surface area contributed by atoms with Crippen LogP contribution in [0.1, 0.15) is 17.2 Å². The first-order chi connectivity index (χ1) is 10.4. The van der Waals surface area contributed by atoms with E-state index < -0.39 is 17.8 Å². The summed E-state index contributed by atoms with van der Waals surface area (Å²) in [4.78, 5) is 4.14. The highest BCUT2D eigenvalue weighted by atomic mass is 19.4. The summed E-state index contributed by atoms with van der Waals surface area (Å²) in [5.41, 5.74) is -0.454. The smallest absolute Gasteiger partial charge is 0.395 e. The lowest BCUT2D eigenvalue weighted by atomic mass is 10.0. The van der Waals surface area contributed by atoms with Crippen LogP contribution in [0.5, 0.6) is 0 Å². The zero-order chi connectivity index (χ0) is 16.2. The normalized spacial score (nSPS) is 19.3. The van der Waals surface area contributed by atoms with Gasteiger partial charge in [0.1, 0.15) is 0 Å². The topological polar surface area (TPSA) is 46.9 Å². The zero-order valence-corrected chi connectivity index (χ0v) is 12.3. The van der Waals surface area contributed by atoms with Crippen molar-refractivity contribution in [3.8, 4) is 0 Å². The van der Waals surface area contributed by atoms with E-state index in [1.165, 1.54) is 12.1 Å². The molecule has 1 aliphatic rings. The Labute approximate surface area is 127 Å². The van der Waals surface area contributed by atoms with Gasteiger partial charge in [0, 0.05) is 39.3 Å². The Balaban J connectivity index is 1.91. The molecule has 0 amide bonds. The molecule has 2 rings (SSSR count). The van der Waals surface area contributed by atoms with E-state index in [2.05, 4.69) is 4.90 Å². The summed E-state index contributed by atoms with van der Waals surface area (Å²) in [6, 6.07) is 4.85. The summed E-state index contributed by atoms with van der Waals surface area (Å²) in [6.45, 7) is 4.10. The van der Waals surface area contributed by atoms with E-state index in [1.54, 1.807) is 0 Å². The second-order valence-corrected chi connectivity index (χ2v) is 5.50. The minimum atomic E-state index is -4.40. The highest BCUT2D eigenvalue weighted by Crippen LogP contribution is 2.30. The molecule has 7 heteroatoms. The fourth-order valence-corrected chi connectivity index (χ4v) is 2.61. The lowest BCUT2D eigenvalue weighted by molar-refractivity contribution is -0.137. The first-order valence-corrected chi connectivity index (χ1v) is 7.31. The van der Waals surface area contributed by atoms with E-state index in [0.29, 0.717) is 13.1 Å². The summed E-state index contributed by atoms with van der Waals surface area (Å²) in [5, 5.41) is 19.1. The van der Waals surface area contributed by atoms with E-state index in [0.717, 1.165) is 38.3 Å². The number of piperazine rings is 1. The van der Waals surface area contributed by atoms with Gasteiger partial charge in [-0.1, -0.05) is 12.1 Å². The third-order valence-corrected chi connectivity index (χ3v) is 3.91. The Morgan fingerprint density at radius 1 is 1.09 bits per heavy atom. The van der Waals surface area contributed by atoms with E-state index >= 15 is 0 Å². The Morgan fingerprint density at radius 2 is 1.73 bits per heavy atom. The Kier molecular flexibility index (Phi) is 5.80. The molecule has 1 unspecified atom stereocenters. The number of halogens is 3. The van der Waals surface area contributed by atoms with Crippen LogP contribution >= 0.6 is 0 Å². The molecule has 124 valence electrons. The summed E-state index contributed by atoms with van der Waals surface area (Å²) < 4.78 is 38.1. The number of hydrogen-bond acceptors (Lipinski definition) is 4. The third-order valence-electron chi connectivity index (χ3n) is 3.91. The molecule has 22 heavy (non-hydrogen) atoms. The number of hydrogen-bond donors (Lipinski definition) is 2. The molecule has 0 aliphatic carbocycles. The number of alkyl halides is 3. The van der Waals surface area contributed by atoms with Gasteiger partial charge in [-0.3, -0.25) is 9.80 Å². The van der Waals surface area contributed by atoms with Crippen molar-refractivity contribution in [3.63, 3.8) is 0 Å². The average Bonchev–Trinajstić information content (AvgIpc) is 2.49. The number of aliphatic hydroxyl groups is 2. The molecule has 1 heterocycles. The quantitative estimate of drug-likeness (QED) is 0.860. The number of benzene rings is 1. The van der Waals surface area contributed by atoms with Crippen molar-refractivity contribution in [2.75, 3.05) is 45.9 Å². The van der Waals surface area contributed by atoms with Crippen molar-refractivity contribution < 1.29 is 23.4 Å². The van der Waals surface area contributed by atoms with E-state index in [-0.39, 0.29) is 12.2 Å². The van der Waals surface area contributed by atoms with Gasteiger partial charge in [0.15, 0.2) is 0 Å². The van der Waals surface area contributed by atoms with Crippen LogP contribution in [0, 0.1) is 0 Å². The molecular formula is C15H21F3N2O2. The van der Waals surface area contributed by atoms with Crippen LogP contribution in [0.15, 0.2) is 24.3 Å². The molecule has 1 aromatic carbocycles. The Hall–Kier alpha value is -1.15. The van der Waals surface area contributed by atoms with Crippen molar-refractivity contribution >= 4 is 0 Å². The van der Waals surface area contributed by atoms with Gasteiger partial charge >= 0.3 is 6.18 Å². The molecule has 0 saturated carbocycles. The lowest BCUT2D eigenvalue weighted by Crippen LogP contribution is -2.48. The van der Waals surface area contributed by atoms with Gasteiger partial charge in [-0.2, -0.15) is 13.2 Å². The van der Waals surface area contributed by atoms with Crippen molar-refractivity contribution in [1.82, 2.24) is 9.80 Å². The Morgan fingerprint density at radius 3 is 2.32 bits per heavy atom. The largest absolute Gasteiger partial charge is 0.416 e. The molecule has 1 aromatic rings. The average molecular weight is 318 g/mol. The van der Waals surface area contributed by atoms with Crippen LogP contribution in [0.3, 0.4) is 0 Å². The molecular weight excluding hydrogens is 297 g/mol. The first kappa shape index (κ1) is 17.2. The first-order valence-electron chi connectivity index (χ1n) is 7.31. The zero-order valence-electron chi connectivity index (χ0n) is 12.3. The second kappa shape index (κ2) is 7.41. The SMILES string of the molecule is OCCN1CCN(CC(O)c2cccc(C(F)(F)F)c2)CC1. The van der Waals surface area contributed by atoms with E-state index in [1.807, 2.05) is 4.90 Å². The predicted octanol–water partition coefficient (Wildman–Crippen LogP) is 1.35. The van der Waals surface area contributed by atoms with E-state index in [4.69, 9.17) is 5.11 Å². The maximum absolute atomic E-state index is 12.7. The Bertz CT molecular complexity index is 474. The van der Waals surface area contributed by atoms with Gasteiger partial charge in [-0.05, 0) is 17.7 Å². The molecule has 1 aliphatic heterocycles. The molecule has 1 atom stereocenters. The van der Waals surface area contributed by atoms with Crippen LogP contribution in [0.25, 0.3) is 0 Å². The summed E-state index contributed by atoms with van der Waals surface area (Å²) >= 11 is 0. The van der Waals surface area contributed by atoms with Crippen molar-refractivity contribution in [2.45, 2.75) is 12.3 Å². The van der Waals surface area contributed by atoms with Crippen LogP contribution in [0.4, 0.5) is 13.2 Å². The molecule has 2 N–H and O–H groups in total. The highest BCUT2D eigenvalue weighted by Gasteiger charge is 2.31. The van der Waals surface area contributed by atoms with Gasteiger partial charge in [-0.25, -0.2) is 0 Å². The summed E-state index contributed by atoms with van der Waals surface area (Å²) in [6.07, 6.45) is -5.34. The van der Waals surface area contributed by atoms with Crippen molar-refractivity contribution in [3.05, 3.63) is 35.4 Å².